The Morgan fingerprint density at radius 1 is 1.35 bits per heavy atom. The summed E-state index contributed by atoms with van der Waals surface area (Å²) in [5.74, 6) is -2.12. The third-order valence-corrected chi connectivity index (χ3v) is 2.39. The minimum atomic E-state index is -4.76. The molecule has 0 atom stereocenters. The maximum absolute atomic E-state index is 13.3. The number of benzene rings is 1. The average Bonchev–Trinajstić information content (AvgIpc) is 2.76. The van der Waals surface area contributed by atoms with Crippen molar-refractivity contribution in [3.8, 4) is 0 Å². The molecule has 1 amide bonds. The molecule has 0 saturated heterocycles. The maximum atomic E-state index is 13.3. The molecule has 0 bridgehead atoms. The van der Waals surface area contributed by atoms with Gasteiger partial charge in [0.25, 0.3) is 5.91 Å². The molecule has 5 nitrogen and oxygen atoms in total. The van der Waals surface area contributed by atoms with Crippen LogP contribution in [0.3, 0.4) is 0 Å². The predicted molar refractivity (Wildman–Crippen MR) is 61.2 cm³/mol. The Bertz CT molecular complexity index is 650. The normalized spacial score (nSPS) is 11.4. The quantitative estimate of drug-likeness (QED) is 0.849. The number of primary amides is 1. The zero-order valence-electron chi connectivity index (χ0n) is 9.78. The topological polar surface area (TPSA) is 72.9 Å². The summed E-state index contributed by atoms with van der Waals surface area (Å²) in [4.78, 5) is 11.9. The number of rotatable bonds is 3. The first-order valence-corrected chi connectivity index (χ1v) is 5.25. The van der Waals surface area contributed by atoms with E-state index in [-0.39, 0.29) is 11.3 Å². The molecular formula is C11H8F4N4O. The molecule has 0 unspecified atom stereocenters. The Balaban J connectivity index is 2.22. The standard InChI is InChI=1S/C11H8F4N4O/c12-9-3-7(1-2-8(9)11(13,14)15)18-19-5-6(4-17-19)10(16)20/h1-5,18H,(H2,16,20). The van der Waals surface area contributed by atoms with Crippen molar-refractivity contribution in [1.29, 1.82) is 0 Å². The number of hydrogen-bond acceptors (Lipinski definition) is 3. The highest BCUT2D eigenvalue weighted by molar-refractivity contribution is 5.92. The van der Waals surface area contributed by atoms with E-state index < -0.39 is 23.5 Å². The van der Waals surface area contributed by atoms with Crippen LogP contribution < -0.4 is 11.2 Å². The van der Waals surface area contributed by atoms with Gasteiger partial charge in [0.15, 0.2) is 0 Å². The van der Waals surface area contributed by atoms with Crippen molar-refractivity contribution in [3.05, 3.63) is 47.5 Å². The lowest BCUT2D eigenvalue weighted by Gasteiger charge is -2.10. The highest BCUT2D eigenvalue weighted by Crippen LogP contribution is 2.32. The smallest absolute Gasteiger partial charge is 0.365 e. The van der Waals surface area contributed by atoms with Gasteiger partial charge >= 0.3 is 6.18 Å². The predicted octanol–water partition coefficient (Wildman–Crippen LogP) is 2.02. The van der Waals surface area contributed by atoms with E-state index >= 15 is 0 Å². The average molecular weight is 288 g/mol. The van der Waals surface area contributed by atoms with Gasteiger partial charge in [0.05, 0.1) is 29.2 Å². The number of anilines is 1. The molecule has 2 rings (SSSR count). The second-order valence-electron chi connectivity index (χ2n) is 3.84. The number of nitrogens with zero attached hydrogens (tertiary/aromatic N) is 2. The number of alkyl halides is 3. The number of nitrogens with one attached hydrogen (secondary N) is 1. The minimum absolute atomic E-state index is 0.0367. The Hall–Kier alpha value is -2.58. The van der Waals surface area contributed by atoms with Crippen LogP contribution in [-0.2, 0) is 6.18 Å². The summed E-state index contributed by atoms with van der Waals surface area (Å²) in [7, 11) is 0. The summed E-state index contributed by atoms with van der Waals surface area (Å²) in [6.07, 6.45) is -2.37. The molecule has 106 valence electrons. The minimum Gasteiger partial charge on any atom is -0.365 e. The van der Waals surface area contributed by atoms with E-state index in [4.69, 9.17) is 5.73 Å². The zero-order valence-corrected chi connectivity index (χ0v) is 9.78. The molecule has 0 fully saturated rings. The number of aromatic nitrogens is 2. The van der Waals surface area contributed by atoms with Crippen LogP contribution in [0.2, 0.25) is 0 Å². The SMILES string of the molecule is NC(=O)c1cnn(Nc2ccc(C(F)(F)F)c(F)c2)c1. The van der Waals surface area contributed by atoms with Crippen molar-refractivity contribution >= 4 is 11.6 Å². The molecule has 3 N–H and O–H groups in total. The van der Waals surface area contributed by atoms with Crippen LogP contribution in [0, 0.1) is 5.82 Å². The number of nitrogens with two attached hydrogens (primary N) is 1. The van der Waals surface area contributed by atoms with Crippen molar-refractivity contribution in [2.24, 2.45) is 5.73 Å². The first kappa shape index (κ1) is 13.8. The first-order valence-electron chi connectivity index (χ1n) is 5.25. The summed E-state index contributed by atoms with van der Waals surface area (Å²) in [5, 5.41) is 3.69. The fraction of sp³-hybridized carbons (Fsp3) is 0.0909. The third-order valence-electron chi connectivity index (χ3n) is 2.39. The Morgan fingerprint density at radius 3 is 2.55 bits per heavy atom. The van der Waals surface area contributed by atoms with Gasteiger partial charge < -0.3 is 5.73 Å². The van der Waals surface area contributed by atoms with Gasteiger partial charge in [-0.05, 0) is 18.2 Å². The molecule has 20 heavy (non-hydrogen) atoms. The molecule has 2 aromatic rings. The van der Waals surface area contributed by atoms with Crippen LogP contribution in [0.5, 0.6) is 0 Å². The van der Waals surface area contributed by atoms with E-state index in [1.807, 2.05) is 0 Å². The van der Waals surface area contributed by atoms with E-state index in [1.54, 1.807) is 0 Å². The molecule has 0 radical (unpaired) electrons. The Labute approximate surface area is 110 Å². The lowest BCUT2D eigenvalue weighted by molar-refractivity contribution is -0.139. The van der Waals surface area contributed by atoms with Crippen molar-refractivity contribution in [1.82, 2.24) is 9.89 Å². The number of amides is 1. The molecule has 0 spiro atoms. The lowest BCUT2D eigenvalue weighted by Crippen LogP contribution is -2.13. The first-order chi connectivity index (χ1) is 9.27. The summed E-state index contributed by atoms with van der Waals surface area (Å²) in [6, 6.07) is 2.32. The number of hydrogen-bond donors (Lipinski definition) is 2. The molecule has 0 aliphatic heterocycles. The molecule has 0 aliphatic rings. The molecule has 1 aromatic heterocycles. The summed E-state index contributed by atoms with van der Waals surface area (Å²) < 4.78 is 50.4. The lowest BCUT2D eigenvalue weighted by atomic mass is 10.2. The fourth-order valence-corrected chi connectivity index (χ4v) is 1.46. The summed E-state index contributed by atoms with van der Waals surface area (Å²) in [6.45, 7) is 0. The molecule has 1 heterocycles. The van der Waals surface area contributed by atoms with E-state index in [0.717, 1.165) is 17.1 Å². The van der Waals surface area contributed by atoms with Gasteiger partial charge in [-0.1, -0.05) is 0 Å². The summed E-state index contributed by atoms with van der Waals surface area (Å²) >= 11 is 0. The van der Waals surface area contributed by atoms with Crippen LogP contribution in [0.25, 0.3) is 0 Å². The van der Waals surface area contributed by atoms with Gasteiger partial charge in [-0.25, -0.2) is 4.39 Å². The molecular weight excluding hydrogens is 280 g/mol. The third kappa shape index (κ3) is 2.87. The molecule has 9 heteroatoms. The van der Waals surface area contributed by atoms with Gasteiger partial charge in [0, 0.05) is 0 Å². The van der Waals surface area contributed by atoms with Crippen molar-refractivity contribution in [3.63, 3.8) is 0 Å². The maximum Gasteiger partial charge on any atom is 0.419 e. The van der Waals surface area contributed by atoms with Gasteiger partial charge in [0.1, 0.15) is 5.82 Å². The Kier molecular flexibility index (Phi) is 3.35. The van der Waals surface area contributed by atoms with Crippen molar-refractivity contribution in [2.45, 2.75) is 6.18 Å². The highest BCUT2D eigenvalue weighted by atomic mass is 19.4. The van der Waals surface area contributed by atoms with Crippen molar-refractivity contribution < 1.29 is 22.4 Å². The van der Waals surface area contributed by atoms with Gasteiger partial charge in [-0.2, -0.15) is 23.1 Å². The van der Waals surface area contributed by atoms with Crippen LogP contribution in [-0.4, -0.2) is 15.8 Å². The number of halogens is 4. The van der Waals surface area contributed by atoms with E-state index in [1.165, 1.54) is 6.20 Å². The van der Waals surface area contributed by atoms with Crippen LogP contribution >= 0.6 is 0 Å². The van der Waals surface area contributed by atoms with E-state index in [9.17, 15) is 22.4 Å². The van der Waals surface area contributed by atoms with Crippen LogP contribution in [0.15, 0.2) is 30.6 Å². The molecule has 0 saturated carbocycles. The zero-order chi connectivity index (χ0) is 14.9. The largest absolute Gasteiger partial charge is 0.419 e. The number of carbonyl (C=O) groups is 1. The van der Waals surface area contributed by atoms with Gasteiger partial charge in [-0.3, -0.25) is 10.2 Å². The van der Waals surface area contributed by atoms with E-state index in [0.29, 0.717) is 12.1 Å². The van der Waals surface area contributed by atoms with Crippen LogP contribution in [0.4, 0.5) is 23.2 Å². The second-order valence-corrected chi connectivity index (χ2v) is 3.84. The molecule has 0 aliphatic carbocycles. The fourth-order valence-electron chi connectivity index (χ4n) is 1.46. The van der Waals surface area contributed by atoms with Gasteiger partial charge in [0.2, 0.25) is 0 Å². The molecule has 1 aromatic carbocycles. The number of carbonyl (C=O) groups excluding carboxylic acids is 1. The second kappa shape index (κ2) is 4.83. The summed E-state index contributed by atoms with van der Waals surface area (Å²) in [5.41, 5.74) is 6.27. The monoisotopic (exact) mass is 288 g/mol. The van der Waals surface area contributed by atoms with Gasteiger partial charge in [-0.15, -0.1) is 0 Å². The Morgan fingerprint density at radius 2 is 2.05 bits per heavy atom. The highest BCUT2D eigenvalue weighted by Gasteiger charge is 2.33. The van der Waals surface area contributed by atoms with Crippen molar-refractivity contribution in [2.75, 3.05) is 5.43 Å². The van der Waals surface area contributed by atoms with Crippen LogP contribution in [0.1, 0.15) is 15.9 Å². The van der Waals surface area contributed by atoms with E-state index in [2.05, 4.69) is 10.5 Å².